The monoisotopic (exact) mass is 386 g/mol. The summed E-state index contributed by atoms with van der Waals surface area (Å²) in [5.74, 6) is 0.230. The van der Waals surface area contributed by atoms with Crippen LogP contribution in [-0.4, -0.2) is 59.0 Å². The average Bonchev–Trinajstić information content (AvgIpc) is 3.08. The van der Waals surface area contributed by atoms with Gasteiger partial charge in [-0.2, -0.15) is 0 Å². The molecule has 25 heavy (non-hydrogen) atoms. The summed E-state index contributed by atoms with van der Waals surface area (Å²) in [4.78, 5) is 25.9. The van der Waals surface area contributed by atoms with Crippen LogP contribution in [0.4, 0.5) is 5.13 Å². The lowest BCUT2D eigenvalue weighted by atomic mass is 9.97. The normalized spacial score (nSPS) is 15.2. The number of carbonyl (C=O) groups excluding carboxylic acids is 2. The average molecular weight is 387 g/mol. The minimum Gasteiger partial charge on any atom is -0.466 e. The largest absolute Gasteiger partial charge is 0.466 e. The maximum absolute atomic E-state index is 12.3. The molecule has 1 aromatic rings. The van der Waals surface area contributed by atoms with Crippen molar-refractivity contribution in [3.63, 3.8) is 0 Å². The second-order valence-corrected chi connectivity index (χ2v) is 8.05. The van der Waals surface area contributed by atoms with Gasteiger partial charge in [0.15, 0.2) is 4.34 Å². The van der Waals surface area contributed by atoms with E-state index in [2.05, 4.69) is 22.4 Å². The molecule has 140 valence electrons. The van der Waals surface area contributed by atoms with Gasteiger partial charge < -0.3 is 15.0 Å². The molecule has 0 aliphatic carbocycles. The smallest absolute Gasteiger partial charge is 0.309 e. The third-order valence-corrected chi connectivity index (χ3v) is 6.00. The molecular weight excluding hydrogens is 360 g/mol. The van der Waals surface area contributed by atoms with Crippen molar-refractivity contribution in [2.24, 2.45) is 5.92 Å². The van der Waals surface area contributed by atoms with Crippen molar-refractivity contribution < 1.29 is 14.3 Å². The van der Waals surface area contributed by atoms with Gasteiger partial charge in [-0.05, 0) is 26.2 Å². The number of carbonyl (C=O) groups is 2. The Bertz CT molecular complexity index is 559. The van der Waals surface area contributed by atoms with Crippen LogP contribution in [0.2, 0.25) is 0 Å². The zero-order valence-corrected chi connectivity index (χ0v) is 16.5. The number of esters is 1. The van der Waals surface area contributed by atoms with Crippen molar-refractivity contribution >= 4 is 40.1 Å². The topological polar surface area (TPSA) is 84.4 Å². The summed E-state index contributed by atoms with van der Waals surface area (Å²) in [6, 6.07) is 0. The molecule has 1 aromatic heterocycles. The summed E-state index contributed by atoms with van der Waals surface area (Å²) in [5, 5.41) is 12.2. The molecule has 0 bridgehead atoms. The predicted octanol–water partition coefficient (Wildman–Crippen LogP) is 2.64. The number of piperidine rings is 1. The van der Waals surface area contributed by atoms with E-state index in [0.717, 1.165) is 28.9 Å². The van der Waals surface area contributed by atoms with Crippen molar-refractivity contribution in [3.05, 3.63) is 0 Å². The highest BCUT2D eigenvalue weighted by Gasteiger charge is 2.28. The molecule has 0 atom stereocenters. The minimum absolute atomic E-state index is 0.0726. The fraction of sp³-hybridized carbons (Fsp3) is 0.750. The quantitative estimate of drug-likeness (QED) is 0.397. The van der Waals surface area contributed by atoms with E-state index in [1.165, 1.54) is 23.1 Å². The van der Waals surface area contributed by atoms with Crippen LogP contribution >= 0.6 is 23.1 Å². The highest BCUT2D eigenvalue weighted by atomic mass is 32.2. The van der Waals surface area contributed by atoms with Gasteiger partial charge in [-0.15, -0.1) is 10.2 Å². The van der Waals surface area contributed by atoms with Gasteiger partial charge in [0.05, 0.1) is 18.3 Å². The Morgan fingerprint density at radius 1 is 1.32 bits per heavy atom. The molecule has 0 aromatic carbocycles. The zero-order valence-electron chi connectivity index (χ0n) is 14.8. The predicted molar refractivity (Wildman–Crippen MR) is 100.0 cm³/mol. The molecule has 0 saturated carbocycles. The van der Waals surface area contributed by atoms with Gasteiger partial charge in [0.25, 0.3) is 0 Å². The number of unbranched alkanes of at least 4 members (excludes halogenated alkanes) is 1. The van der Waals surface area contributed by atoms with Crippen molar-refractivity contribution in [3.8, 4) is 0 Å². The third kappa shape index (κ3) is 6.47. The molecule has 2 rings (SSSR count). The van der Waals surface area contributed by atoms with E-state index < -0.39 is 0 Å². The standard InChI is InChI=1S/C16H26N4O3S2/c1-3-5-8-17-15-18-19-16(25-15)24-11-13(21)20-9-6-12(7-10-20)14(22)23-4-2/h12H,3-11H2,1-2H3,(H,17,18). The highest BCUT2D eigenvalue weighted by Crippen LogP contribution is 2.26. The van der Waals surface area contributed by atoms with E-state index in [9.17, 15) is 9.59 Å². The van der Waals surface area contributed by atoms with Crippen LogP contribution in [-0.2, 0) is 14.3 Å². The highest BCUT2D eigenvalue weighted by molar-refractivity contribution is 8.01. The molecule has 1 saturated heterocycles. The number of thioether (sulfide) groups is 1. The molecular formula is C16H26N4O3S2. The first-order valence-electron chi connectivity index (χ1n) is 8.78. The van der Waals surface area contributed by atoms with Crippen LogP contribution in [0, 0.1) is 5.92 Å². The van der Waals surface area contributed by atoms with Crippen molar-refractivity contribution in [2.45, 2.75) is 43.9 Å². The molecule has 0 radical (unpaired) electrons. The number of nitrogens with one attached hydrogen (secondary N) is 1. The minimum atomic E-state index is -0.138. The fourth-order valence-electron chi connectivity index (χ4n) is 2.55. The number of amides is 1. The molecule has 0 unspecified atom stereocenters. The van der Waals surface area contributed by atoms with E-state index in [-0.39, 0.29) is 17.8 Å². The molecule has 1 aliphatic heterocycles. The number of likely N-dealkylation sites (tertiary alicyclic amines) is 1. The van der Waals surface area contributed by atoms with Crippen LogP contribution in [0.5, 0.6) is 0 Å². The summed E-state index contributed by atoms with van der Waals surface area (Å²) < 4.78 is 5.85. The Morgan fingerprint density at radius 2 is 2.08 bits per heavy atom. The van der Waals surface area contributed by atoms with Crippen LogP contribution in [0.1, 0.15) is 39.5 Å². The molecule has 1 fully saturated rings. The van der Waals surface area contributed by atoms with Gasteiger partial charge in [-0.3, -0.25) is 9.59 Å². The SMILES string of the molecule is CCCCNc1nnc(SCC(=O)N2CCC(C(=O)OCC)CC2)s1. The fourth-order valence-corrected chi connectivity index (χ4v) is 4.23. The maximum Gasteiger partial charge on any atom is 0.309 e. The number of ether oxygens (including phenoxy) is 1. The Morgan fingerprint density at radius 3 is 2.76 bits per heavy atom. The number of anilines is 1. The summed E-state index contributed by atoms with van der Waals surface area (Å²) in [6.07, 6.45) is 3.59. The molecule has 9 heteroatoms. The Balaban J connectivity index is 1.70. The van der Waals surface area contributed by atoms with E-state index >= 15 is 0 Å². The molecule has 7 nitrogen and oxygen atoms in total. The second-order valence-electron chi connectivity index (χ2n) is 5.85. The van der Waals surface area contributed by atoms with Crippen LogP contribution < -0.4 is 5.32 Å². The second kappa shape index (κ2) is 10.6. The number of aromatic nitrogens is 2. The first-order valence-corrected chi connectivity index (χ1v) is 10.6. The van der Waals surface area contributed by atoms with E-state index in [1.54, 1.807) is 0 Å². The third-order valence-electron chi connectivity index (χ3n) is 4.00. The van der Waals surface area contributed by atoms with Crippen molar-refractivity contribution in [1.82, 2.24) is 15.1 Å². The van der Waals surface area contributed by atoms with E-state index in [1.807, 2.05) is 11.8 Å². The van der Waals surface area contributed by atoms with E-state index in [4.69, 9.17) is 4.74 Å². The van der Waals surface area contributed by atoms with Crippen molar-refractivity contribution in [2.75, 3.05) is 37.3 Å². The Kier molecular flexibility index (Phi) is 8.47. The number of hydrogen-bond donors (Lipinski definition) is 1. The molecule has 0 spiro atoms. The first-order chi connectivity index (χ1) is 12.1. The zero-order chi connectivity index (χ0) is 18.1. The molecule has 1 aliphatic rings. The lowest BCUT2D eigenvalue weighted by Gasteiger charge is -2.30. The number of hydrogen-bond acceptors (Lipinski definition) is 8. The summed E-state index contributed by atoms with van der Waals surface area (Å²) in [5.41, 5.74) is 0. The molecule has 2 heterocycles. The maximum atomic E-state index is 12.3. The van der Waals surface area contributed by atoms with Gasteiger partial charge >= 0.3 is 5.97 Å². The lowest BCUT2D eigenvalue weighted by Crippen LogP contribution is -2.41. The van der Waals surface area contributed by atoms with Crippen molar-refractivity contribution in [1.29, 1.82) is 0 Å². The molecule has 1 amide bonds. The van der Waals surface area contributed by atoms with Crippen LogP contribution in [0.3, 0.4) is 0 Å². The van der Waals surface area contributed by atoms with Gasteiger partial charge in [0, 0.05) is 19.6 Å². The Labute approximate surface area is 156 Å². The van der Waals surface area contributed by atoms with Gasteiger partial charge in [0.1, 0.15) is 0 Å². The first kappa shape index (κ1) is 20.0. The van der Waals surface area contributed by atoms with Crippen LogP contribution in [0.25, 0.3) is 0 Å². The van der Waals surface area contributed by atoms with Gasteiger partial charge in [-0.25, -0.2) is 0 Å². The molecule has 1 N–H and O–H groups in total. The number of rotatable bonds is 9. The summed E-state index contributed by atoms with van der Waals surface area (Å²) >= 11 is 2.90. The summed E-state index contributed by atoms with van der Waals surface area (Å²) in [6.45, 7) is 6.48. The van der Waals surface area contributed by atoms with Gasteiger partial charge in [-0.1, -0.05) is 36.4 Å². The number of nitrogens with zero attached hydrogens (tertiary/aromatic N) is 3. The van der Waals surface area contributed by atoms with E-state index in [0.29, 0.717) is 38.3 Å². The summed E-state index contributed by atoms with van der Waals surface area (Å²) in [7, 11) is 0. The lowest BCUT2D eigenvalue weighted by molar-refractivity contribution is -0.151. The Hall–Kier alpha value is -1.35. The van der Waals surface area contributed by atoms with Gasteiger partial charge in [0.2, 0.25) is 11.0 Å². The van der Waals surface area contributed by atoms with Crippen LogP contribution in [0.15, 0.2) is 4.34 Å².